The highest BCUT2D eigenvalue weighted by Crippen LogP contribution is 2.33. The van der Waals surface area contributed by atoms with E-state index in [0.717, 1.165) is 36.3 Å². The molecule has 2 aliphatic carbocycles. The smallest absolute Gasteiger partial charge is 0.223 e. The first-order chi connectivity index (χ1) is 13.1. The number of hydrogen-bond acceptors (Lipinski definition) is 3. The summed E-state index contributed by atoms with van der Waals surface area (Å²) in [6.45, 7) is 4.71. The second-order valence-corrected chi connectivity index (χ2v) is 8.47. The predicted molar refractivity (Wildman–Crippen MR) is 108 cm³/mol. The highest BCUT2D eigenvalue weighted by molar-refractivity contribution is 5.77. The summed E-state index contributed by atoms with van der Waals surface area (Å²) in [5, 5.41) is 0. The van der Waals surface area contributed by atoms with Gasteiger partial charge in [-0.25, -0.2) is 0 Å². The fraction of sp³-hybridized carbons (Fsp3) is 0.696. The van der Waals surface area contributed by atoms with Crippen molar-refractivity contribution in [2.45, 2.75) is 90.3 Å². The van der Waals surface area contributed by atoms with Crippen molar-refractivity contribution in [2.24, 2.45) is 5.92 Å². The number of carbonyl (C=O) groups is 1. The molecule has 4 nitrogen and oxygen atoms in total. The van der Waals surface area contributed by atoms with Gasteiger partial charge in [0.1, 0.15) is 0 Å². The van der Waals surface area contributed by atoms with Gasteiger partial charge < -0.3 is 14.4 Å². The summed E-state index contributed by atoms with van der Waals surface area (Å²) < 4.78 is 11.4. The molecule has 0 unspecified atom stereocenters. The van der Waals surface area contributed by atoms with Crippen LogP contribution in [0.15, 0.2) is 18.2 Å². The molecule has 1 amide bonds. The lowest BCUT2D eigenvalue weighted by Gasteiger charge is -2.30. The molecule has 0 bridgehead atoms. The largest absolute Gasteiger partial charge is 0.493 e. The minimum absolute atomic E-state index is 0.0871. The van der Waals surface area contributed by atoms with Gasteiger partial charge in [-0.15, -0.1) is 0 Å². The Morgan fingerprint density at radius 3 is 2.37 bits per heavy atom. The van der Waals surface area contributed by atoms with E-state index in [9.17, 15) is 4.79 Å². The molecule has 0 radical (unpaired) electrons. The van der Waals surface area contributed by atoms with Crippen molar-refractivity contribution in [3.05, 3.63) is 23.8 Å². The molecule has 4 heteroatoms. The van der Waals surface area contributed by atoms with Gasteiger partial charge in [-0.2, -0.15) is 0 Å². The minimum Gasteiger partial charge on any atom is -0.493 e. The van der Waals surface area contributed by atoms with E-state index in [-0.39, 0.29) is 6.10 Å². The zero-order valence-corrected chi connectivity index (χ0v) is 17.2. The number of nitrogens with zero attached hydrogens (tertiary/aromatic N) is 1. The van der Waals surface area contributed by atoms with Gasteiger partial charge in [0.05, 0.1) is 13.2 Å². The van der Waals surface area contributed by atoms with Crippen LogP contribution in [0.4, 0.5) is 0 Å². The molecule has 1 aromatic rings. The third-order valence-corrected chi connectivity index (χ3v) is 5.97. The Bertz CT molecular complexity index is 616. The van der Waals surface area contributed by atoms with E-state index in [2.05, 4.69) is 11.0 Å². The molecule has 27 heavy (non-hydrogen) atoms. The van der Waals surface area contributed by atoms with Crippen LogP contribution >= 0.6 is 0 Å². The summed E-state index contributed by atoms with van der Waals surface area (Å²) in [5.41, 5.74) is 1.12. The normalized spacial score (nSPS) is 18.2. The van der Waals surface area contributed by atoms with Crippen molar-refractivity contribution in [2.75, 3.05) is 7.11 Å². The van der Waals surface area contributed by atoms with E-state index < -0.39 is 0 Å². The number of benzene rings is 1. The highest BCUT2D eigenvalue weighted by atomic mass is 16.5. The standard InChI is InChI=1S/C23H35NO3/c1-17(2)27-22-14-19(12-13-21(22)26-3)16-24(20-10-6-7-11-20)23(25)15-18-8-4-5-9-18/h12-14,17-18,20H,4-11,15-16H2,1-3H3. The van der Waals surface area contributed by atoms with Crippen molar-refractivity contribution in [3.8, 4) is 11.5 Å². The maximum Gasteiger partial charge on any atom is 0.223 e. The van der Waals surface area contributed by atoms with Crippen molar-refractivity contribution >= 4 is 5.91 Å². The minimum atomic E-state index is 0.0871. The third kappa shape index (κ3) is 5.40. The summed E-state index contributed by atoms with van der Waals surface area (Å²) in [7, 11) is 1.66. The number of amides is 1. The Morgan fingerprint density at radius 1 is 1.07 bits per heavy atom. The molecule has 0 N–H and O–H groups in total. The average Bonchev–Trinajstić information content (AvgIpc) is 3.33. The lowest BCUT2D eigenvalue weighted by atomic mass is 10.0. The van der Waals surface area contributed by atoms with Crippen LogP contribution in [0.2, 0.25) is 0 Å². The molecule has 150 valence electrons. The number of hydrogen-bond donors (Lipinski definition) is 0. The molecular formula is C23H35NO3. The first-order valence-electron chi connectivity index (χ1n) is 10.7. The molecule has 1 aromatic carbocycles. The first kappa shape index (κ1) is 20.0. The Balaban J connectivity index is 1.75. The molecule has 0 heterocycles. The molecule has 2 saturated carbocycles. The molecule has 3 rings (SSSR count). The van der Waals surface area contributed by atoms with Crippen LogP contribution in [-0.2, 0) is 11.3 Å². The topological polar surface area (TPSA) is 38.8 Å². The molecule has 0 aromatic heterocycles. The summed E-state index contributed by atoms with van der Waals surface area (Å²) >= 11 is 0. The van der Waals surface area contributed by atoms with Gasteiger partial charge in [0.25, 0.3) is 0 Å². The van der Waals surface area contributed by atoms with E-state index in [1.54, 1.807) is 7.11 Å². The Hall–Kier alpha value is -1.71. The van der Waals surface area contributed by atoms with Gasteiger partial charge in [0, 0.05) is 19.0 Å². The third-order valence-electron chi connectivity index (χ3n) is 5.97. The summed E-state index contributed by atoms with van der Waals surface area (Å²) in [6.07, 6.45) is 10.6. The van der Waals surface area contributed by atoms with Crippen LogP contribution in [0.5, 0.6) is 11.5 Å². The molecule has 2 fully saturated rings. The molecule has 0 atom stereocenters. The van der Waals surface area contributed by atoms with Gasteiger partial charge in [-0.05, 0) is 63.1 Å². The van der Waals surface area contributed by atoms with Crippen molar-refractivity contribution < 1.29 is 14.3 Å². The molecule has 0 saturated heterocycles. The summed E-state index contributed by atoms with van der Waals surface area (Å²) in [5.74, 6) is 2.45. The fourth-order valence-electron chi connectivity index (χ4n) is 4.58. The maximum absolute atomic E-state index is 13.1. The zero-order chi connectivity index (χ0) is 19.2. The van der Waals surface area contributed by atoms with Crippen LogP contribution in [0.3, 0.4) is 0 Å². The van der Waals surface area contributed by atoms with Crippen LogP contribution in [0, 0.1) is 5.92 Å². The van der Waals surface area contributed by atoms with E-state index in [1.165, 1.54) is 38.5 Å². The lowest BCUT2D eigenvalue weighted by molar-refractivity contribution is -0.135. The van der Waals surface area contributed by atoms with E-state index in [1.807, 2.05) is 26.0 Å². The van der Waals surface area contributed by atoms with E-state index in [0.29, 0.717) is 24.4 Å². The van der Waals surface area contributed by atoms with Crippen LogP contribution in [0.25, 0.3) is 0 Å². The van der Waals surface area contributed by atoms with Gasteiger partial charge in [0.2, 0.25) is 5.91 Å². The Labute approximate surface area is 164 Å². The fourth-order valence-corrected chi connectivity index (χ4v) is 4.58. The SMILES string of the molecule is COc1ccc(CN(C(=O)CC2CCCC2)C2CCCC2)cc1OC(C)C. The zero-order valence-electron chi connectivity index (χ0n) is 17.2. The van der Waals surface area contributed by atoms with E-state index >= 15 is 0 Å². The molecule has 0 spiro atoms. The Kier molecular flexibility index (Phi) is 7.03. The quantitative estimate of drug-likeness (QED) is 0.618. The summed E-state index contributed by atoms with van der Waals surface area (Å²) in [4.78, 5) is 15.3. The predicted octanol–water partition coefficient (Wildman–Crippen LogP) is 5.33. The first-order valence-corrected chi connectivity index (χ1v) is 10.7. The van der Waals surface area contributed by atoms with Crippen LogP contribution in [-0.4, -0.2) is 30.1 Å². The Morgan fingerprint density at radius 2 is 1.74 bits per heavy atom. The van der Waals surface area contributed by atoms with Crippen molar-refractivity contribution in [1.29, 1.82) is 0 Å². The average molecular weight is 374 g/mol. The van der Waals surface area contributed by atoms with E-state index in [4.69, 9.17) is 9.47 Å². The highest BCUT2D eigenvalue weighted by Gasteiger charge is 2.29. The monoisotopic (exact) mass is 373 g/mol. The number of carbonyl (C=O) groups excluding carboxylic acids is 1. The van der Waals surface area contributed by atoms with Crippen LogP contribution < -0.4 is 9.47 Å². The second kappa shape index (κ2) is 9.48. The van der Waals surface area contributed by atoms with Crippen molar-refractivity contribution in [1.82, 2.24) is 4.90 Å². The second-order valence-electron chi connectivity index (χ2n) is 8.47. The van der Waals surface area contributed by atoms with Gasteiger partial charge in [-0.3, -0.25) is 4.79 Å². The van der Waals surface area contributed by atoms with Gasteiger partial charge in [-0.1, -0.05) is 31.7 Å². The maximum atomic E-state index is 13.1. The van der Waals surface area contributed by atoms with Gasteiger partial charge >= 0.3 is 0 Å². The lowest BCUT2D eigenvalue weighted by Crippen LogP contribution is -2.39. The number of ether oxygens (including phenoxy) is 2. The number of methoxy groups -OCH3 is 1. The molecule has 0 aliphatic heterocycles. The van der Waals surface area contributed by atoms with Crippen LogP contribution in [0.1, 0.15) is 77.2 Å². The van der Waals surface area contributed by atoms with Crippen molar-refractivity contribution in [3.63, 3.8) is 0 Å². The van der Waals surface area contributed by atoms with Gasteiger partial charge in [0.15, 0.2) is 11.5 Å². The molecule has 2 aliphatic rings. The molecular weight excluding hydrogens is 338 g/mol. The summed E-state index contributed by atoms with van der Waals surface area (Å²) in [6, 6.07) is 6.47. The number of rotatable bonds is 8.